The maximum Gasteiger partial charge on any atom is 0.00952 e. The van der Waals surface area contributed by atoms with Gasteiger partial charge >= 0.3 is 0 Å². The molecule has 3 aromatic rings. The van der Waals surface area contributed by atoms with E-state index in [0.717, 1.165) is 0 Å². The first-order chi connectivity index (χ1) is 11.4. The standard InChI is InChI=1S/C23H20/c1-2-6-18(7-3-1)10-11-19-12-14-21(15-13-19)23-17-16-20-8-4-5-9-22(20)23/h1-15,23H,16-17H2/b11-10+. The van der Waals surface area contributed by atoms with E-state index < -0.39 is 0 Å². The first-order valence-electron chi connectivity index (χ1n) is 8.31. The van der Waals surface area contributed by atoms with Crippen LogP contribution in [0.2, 0.25) is 0 Å². The Hall–Kier alpha value is -2.60. The van der Waals surface area contributed by atoms with Crippen molar-refractivity contribution in [1.82, 2.24) is 0 Å². The van der Waals surface area contributed by atoms with Crippen molar-refractivity contribution in [2.75, 3.05) is 0 Å². The van der Waals surface area contributed by atoms with Crippen molar-refractivity contribution in [3.63, 3.8) is 0 Å². The maximum absolute atomic E-state index is 2.29. The van der Waals surface area contributed by atoms with Crippen LogP contribution in [0, 0.1) is 0 Å². The topological polar surface area (TPSA) is 0 Å². The summed E-state index contributed by atoms with van der Waals surface area (Å²) in [7, 11) is 0. The summed E-state index contributed by atoms with van der Waals surface area (Å²) in [5.41, 5.74) is 6.96. The molecule has 23 heavy (non-hydrogen) atoms. The van der Waals surface area contributed by atoms with Gasteiger partial charge in [-0.2, -0.15) is 0 Å². The Balaban J connectivity index is 1.54. The van der Waals surface area contributed by atoms with Crippen molar-refractivity contribution in [2.24, 2.45) is 0 Å². The predicted octanol–water partition coefficient (Wildman–Crippen LogP) is 5.94. The minimum atomic E-state index is 0.568. The quantitative estimate of drug-likeness (QED) is 0.525. The summed E-state index contributed by atoms with van der Waals surface area (Å²) in [5.74, 6) is 0.568. The van der Waals surface area contributed by atoms with E-state index in [1.54, 1.807) is 0 Å². The van der Waals surface area contributed by atoms with Gasteiger partial charge in [-0.25, -0.2) is 0 Å². The summed E-state index contributed by atoms with van der Waals surface area (Å²) in [4.78, 5) is 0. The first-order valence-corrected chi connectivity index (χ1v) is 8.31. The highest BCUT2D eigenvalue weighted by molar-refractivity contribution is 5.69. The smallest absolute Gasteiger partial charge is 0.00952 e. The molecule has 1 unspecified atom stereocenters. The van der Waals surface area contributed by atoms with Gasteiger partial charge in [0, 0.05) is 5.92 Å². The molecule has 0 N–H and O–H groups in total. The molecule has 0 heteroatoms. The molecule has 0 fully saturated rings. The van der Waals surface area contributed by atoms with E-state index >= 15 is 0 Å². The zero-order valence-corrected chi connectivity index (χ0v) is 13.2. The van der Waals surface area contributed by atoms with Gasteiger partial charge in [0.05, 0.1) is 0 Å². The van der Waals surface area contributed by atoms with Gasteiger partial charge in [-0.05, 0) is 40.7 Å². The fourth-order valence-electron chi connectivity index (χ4n) is 3.50. The summed E-state index contributed by atoms with van der Waals surface area (Å²) in [6, 6.07) is 28.3. The number of hydrogen-bond acceptors (Lipinski definition) is 0. The third-order valence-electron chi connectivity index (χ3n) is 4.74. The molecule has 1 atom stereocenters. The van der Waals surface area contributed by atoms with Crippen molar-refractivity contribution in [1.29, 1.82) is 0 Å². The molecule has 0 radical (unpaired) electrons. The lowest BCUT2D eigenvalue weighted by Gasteiger charge is -2.12. The second-order valence-corrected chi connectivity index (χ2v) is 6.20. The molecule has 0 nitrogen and oxygen atoms in total. The zero-order valence-electron chi connectivity index (χ0n) is 13.2. The van der Waals surface area contributed by atoms with Crippen LogP contribution in [0.5, 0.6) is 0 Å². The molecule has 0 amide bonds. The first kappa shape index (κ1) is 14.0. The van der Waals surface area contributed by atoms with Gasteiger partial charge in [-0.1, -0.05) is 91.0 Å². The average Bonchev–Trinajstić information content (AvgIpc) is 3.05. The summed E-state index contributed by atoms with van der Waals surface area (Å²) < 4.78 is 0. The Bertz CT molecular complexity index is 810. The fourth-order valence-corrected chi connectivity index (χ4v) is 3.50. The number of benzene rings is 3. The predicted molar refractivity (Wildman–Crippen MR) is 98.4 cm³/mol. The van der Waals surface area contributed by atoms with Gasteiger partial charge < -0.3 is 0 Å². The Morgan fingerprint density at radius 3 is 2.09 bits per heavy atom. The van der Waals surface area contributed by atoms with E-state index in [1.807, 2.05) is 6.07 Å². The van der Waals surface area contributed by atoms with Crippen molar-refractivity contribution < 1.29 is 0 Å². The third kappa shape index (κ3) is 2.98. The van der Waals surface area contributed by atoms with Crippen molar-refractivity contribution >= 4 is 12.2 Å². The monoisotopic (exact) mass is 296 g/mol. The lowest BCUT2D eigenvalue weighted by Crippen LogP contribution is -1.95. The van der Waals surface area contributed by atoms with Gasteiger partial charge in [-0.3, -0.25) is 0 Å². The maximum atomic E-state index is 2.29. The second-order valence-electron chi connectivity index (χ2n) is 6.20. The van der Waals surface area contributed by atoms with Crippen molar-refractivity contribution in [3.05, 3.63) is 107 Å². The van der Waals surface area contributed by atoms with Crippen molar-refractivity contribution in [2.45, 2.75) is 18.8 Å². The summed E-state index contributed by atoms with van der Waals surface area (Å²) in [5, 5.41) is 0. The normalized spacial score (nSPS) is 16.6. The van der Waals surface area contributed by atoms with Crippen LogP contribution in [0.15, 0.2) is 78.9 Å². The lowest BCUT2D eigenvalue weighted by molar-refractivity contribution is 0.788. The molecular formula is C23H20. The molecule has 0 spiro atoms. The number of rotatable bonds is 3. The number of fused-ring (bicyclic) bond motifs is 1. The van der Waals surface area contributed by atoms with Crippen LogP contribution >= 0.6 is 0 Å². The fraction of sp³-hybridized carbons (Fsp3) is 0.130. The Labute approximate surface area is 138 Å². The molecule has 0 saturated carbocycles. The highest BCUT2D eigenvalue weighted by Crippen LogP contribution is 2.37. The van der Waals surface area contributed by atoms with Gasteiger partial charge in [-0.15, -0.1) is 0 Å². The summed E-state index contributed by atoms with van der Waals surface area (Å²) >= 11 is 0. The molecule has 112 valence electrons. The second kappa shape index (κ2) is 6.26. The van der Waals surface area contributed by atoms with Gasteiger partial charge in [0.15, 0.2) is 0 Å². The summed E-state index contributed by atoms with van der Waals surface area (Å²) in [6.07, 6.45) is 6.79. The van der Waals surface area contributed by atoms with Crippen LogP contribution < -0.4 is 0 Å². The van der Waals surface area contributed by atoms with Crippen LogP contribution in [0.3, 0.4) is 0 Å². The Morgan fingerprint density at radius 2 is 1.30 bits per heavy atom. The molecule has 1 aliphatic rings. The van der Waals surface area contributed by atoms with Crippen LogP contribution in [0.1, 0.15) is 40.2 Å². The number of hydrogen-bond donors (Lipinski definition) is 0. The molecular weight excluding hydrogens is 276 g/mol. The SMILES string of the molecule is C(=C\c1ccc(C2CCc3ccccc32)cc1)/c1ccccc1. The minimum absolute atomic E-state index is 0.568. The Morgan fingerprint density at radius 1 is 0.652 bits per heavy atom. The van der Waals surface area contributed by atoms with Crippen LogP contribution in [0.25, 0.3) is 12.2 Å². The van der Waals surface area contributed by atoms with E-state index in [4.69, 9.17) is 0 Å². The zero-order chi connectivity index (χ0) is 15.5. The molecule has 0 heterocycles. The van der Waals surface area contributed by atoms with Crippen LogP contribution in [-0.4, -0.2) is 0 Å². The van der Waals surface area contributed by atoms with Gasteiger partial charge in [0.25, 0.3) is 0 Å². The lowest BCUT2D eigenvalue weighted by atomic mass is 9.92. The third-order valence-corrected chi connectivity index (χ3v) is 4.74. The molecule has 1 aliphatic carbocycles. The number of aryl methyl sites for hydroxylation is 1. The molecule has 0 bridgehead atoms. The van der Waals surface area contributed by atoms with E-state index in [9.17, 15) is 0 Å². The minimum Gasteiger partial charge on any atom is -0.0622 e. The molecule has 3 aromatic carbocycles. The molecule has 0 saturated heterocycles. The van der Waals surface area contributed by atoms with E-state index in [2.05, 4.69) is 84.9 Å². The molecule has 4 rings (SSSR count). The summed E-state index contributed by atoms with van der Waals surface area (Å²) in [6.45, 7) is 0. The molecule has 0 aliphatic heterocycles. The van der Waals surface area contributed by atoms with Gasteiger partial charge in [0.1, 0.15) is 0 Å². The highest BCUT2D eigenvalue weighted by Gasteiger charge is 2.22. The van der Waals surface area contributed by atoms with E-state index in [1.165, 1.54) is 40.7 Å². The Kier molecular flexibility index (Phi) is 3.81. The van der Waals surface area contributed by atoms with Crippen LogP contribution in [-0.2, 0) is 6.42 Å². The van der Waals surface area contributed by atoms with E-state index in [-0.39, 0.29) is 0 Å². The molecule has 0 aromatic heterocycles. The average molecular weight is 296 g/mol. The largest absolute Gasteiger partial charge is 0.0622 e. The van der Waals surface area contributed by atoms with Crippen LogP contribution in [0.4, 0.5) is 0 Å². The highest BCUT2D eigenvalue weighted by atomic mass is 14.3. The van der Waals surface area contributed by atoms with Crippen molar-refractivity contribution in [3.8, 4) is 0 Å². The van der Waals surface area contributed by atoms with E-state index in [0.29, 0.717) is 5.92 Å². The van der Waals surface area contributed by atoms with Gasteiger partial charge in [0.2, 0.25) is 0 Å².